The first-order valence-corrected chi connectivity index (χ1v) is 8.35. The molecule has 1 aromatic heterocycles. The van der Waals surface area contributed by atoms with E-state index in [2.05, 4.69) is 21.7 Å². The number of carbonyl (C=O) groups excluding carboxylic acids is 1. The Morgan fingerprint density at radius 1 is 1.17 bits per heavy atom. The summed E-state index contributed by atoms with van der Waals surface area (Å²) in [5.41, 5.74) is 3.28. The third-order valence-corrected chi connectivity index (χ3v) is 4.23. The first kappa shape index (κ1) is 15.5. The van der Waals surface area contributed by atoms with E-state index in [-0.39, 0.29) is 12.5 Å². The second-order valence-corrected chi connectivity index (χ2v) is 5.94. The summed E-state index contributed by atoms with van der Waals surface area (Å²) >= 11 is 0. The maximum absolute atomic E-state index is 12.0. The number of carbonyl (C=O) groups is 1. The fourth-order valence-electron chi connectivity index (χ4n) is 2.98. The van der Waals surface area contributed by atoms with Crippen LogP contribution in [0.1, 0.15) is 32.1 Å². The second-order valence-electron chi connectivity index (χ2n) is 5.94. The van der Waals surface area contributed by atoms with Crippen LogP contribution in [0, 0.1) is 0 Å². The summed E-state index contributed by atoms with van der Waals surface area (Å²) in [5, 5.41) is 7.24. The summed E-state index contributed by atoms with van der Waals surface area (Å²) in [6.45, 7) is 0.995. The van der Waals surface area contributed by atoms with Crippen molar-refractivity contribution in [2.45, 2.75) is 32.1 Å². The number of hydrogen-bond donors (Lipinski definition) is 2. The van der Waals surface area contributed by atoms with Crippen LogP contribution in [0.15, 0.2) is 48.2 Å². The summed E-state index contributed by atoms with van der Waals surface area (Å²) in [4.78, 5) is 16.4. The highest BCUT2D eigenvalue weighted by Gasteiger charge is 2.06. The molecule has 2 aromatic rings. The molecule has 4 nitrogen and oxygen atoms in total. The Hall–Kier alpha value is -2.36. The first-order chi connectivity index (χ1) is 11.3. The lowest BCUT2D eigenvalue weighted by Crippen LogP contribution is -2.30. The number of anilines is 1. The summed E-state index contributed by atoms with van der Waals surface area (Å²) in [6.07, 6.45) is 10.0. The van der Waals surface area contributed by atoms with Crippen molar-refractivity contribution in [1.29, 1.82) is 0 Å². The van der Waals surface area contributed by atoms with Crippen LogP contribution in [0.4, 0.5) is 5.69 Å². The molecule has 0 spiro atoms. The van der Waals surface area contributed by atoms with Gasteiger partial charge < -0.3 is 10.6 Å². The molecule has 0 saturated carbocycles. The third kappa shape index (κ3) is 4.31. The molecular weight excluding hydrogens is 286 g/mol. The summed E-state index contributed by atoms with van der Waals surface area (Å²) in [7, 11) is 0. The van der Waals surface area contributed by atoms with Gasteiger partial charge in [0.2, 0.25) is 5.91 Å². The normalized spacial score (nSPS) is 14.3. The van der Waals surface area contributed by atoms with Crippen molar-refractivity contribution in [2.75, 3.05) is 18.4 Å². The Kier molecular flexibility index (Phi) is 5.25. The van der Waals surface area contributed by atoms with Gasteiger partial charge >= 0.3 is 0 Å². The maximum Gasteiger partial charge on any atom is 0.239 e. The zero-order valence-corrected chi connectivity index (χ0v) is 13.3. The number of para-hydroxylation sites is 1. The van der Waals surface area contributed by atoms with Gasteiger partial charge in [-0.05, 0) is 44.2 Å². The molecule has 0 unspecified atom stereocenters. The van der Waals surface area contributed by atoms with Gasteiger partial charge in [-0.2, -0.15) is 0 Å². The third-order valence-electron chi connectivity index (χ3n) is 4.23. The van der Waals surface area contributed by atoms with Gasteiger partial charge in [-0.25, -0.2) is 0 Å². The summed E-state index contributed by atoms with van der Waals surface area (Å²) in [5.74, 6) is 0.0225. The van der Waals surface area contributed by atoms with Crippen LogP contribution in [0.3, 0.4) is 0 Å². The molecule has 1 amide bonds. The van der Waals surface area contributed by atoms with Crippen molar-refractivity contribution in [3.05, 3.63) is 48.2 Å². The monoisotopic (exact) mass is 309 g/mol. The molecule has 3 rings (SSSR count). The molecule has 1 heterocycles. The molecule has 0 radical (unpaired) electrons. The van der Waals surface area contributed by atoms with Crippen molar-refractivity contribution in [2.24, 2.45) is 0 Å². The minimum atomic E-state index is 0.0225. The van der Waals surface area contributed by atoms with Crippen molar-refractivity contribution >= 4 is 22.5 Å². The number of hydrogen-bond acceptors (Lipinski definition) is 3. The molecule has 0 atom stereocenters. The standard InChI is InChI=1S/C19H23N3O/c23-18(20-13-11-15-6-2-1-3-7-15)14-22-17-10-4-8-16-9-5-12-21-19(16)17/h4-6,8-10,12,22H,1-3,7,11,13-14H2,(H,20,23). The zero-order valence-electron chi connectivity index (χ0n) is 13.3. The van der Waals surface area contributed by atoms with Gasteiger partial charge in [0.1, 0.15) is 0 Å². The summed E-state index contributed by atoms with van der Waals surface area (Å²) < 4.78 is 0. The average Bonchev–Trinajstić information content (AvgIpc) is 2.61. The minimum absolute atomic E-state index is 0.0225. The van der Waals surface area contributed by atoms with Gasteiger partial charge in [0.15, 0.2) is 0 Å². The number of aromatic nitrogens is 1. The molecule has 1 aliphatic rings. The van der Waals surface area contributed by atoms with Crippen molar-refractivity contribution in [3.8, 4) is 0 Å². The highest BCUT2D eigenvalue weighted by atomic mass is 16.1. The lowest BCUT2D eigenvalue weighted by atomic mass is 9.97. The molecule has 23 heavy (non-hydrogen) atoms. The van der Waals surface area contributed by atoms with Crippen molar-refractivity contribution in [1.82, 2.24) is 10.3 Å². The number of benzene rings is 1. The van der Waals surface area contributed by atoms with Crippen molar-refractivity contribution in [3.63, 3.8) is 0 Å². The van der Waals surface area contributed by atoms with Gasteiger partial charge in [-0.1, -0.05) is 29.8 Å². The largest absolute Gasteiger partial charge is 0.374 e. The predicted molar refractivity (Wildman–Crippen MR) is 94.4 cm³/mol. The van der Waals surface area contributed by atoms with Crippen LogP contribution >= 0.6 is 0 Å². The quantitative estimate of drug-likeness (QED) is 0.801. The van der Waals surface area contributed by atoms with E-state index in [0.717, 1.165) is 29.6 Å². The number of nitrogens with one attached hydrogen (secondary N) is 2. The van der Waals surface area contributed by atoms with E-state index in [4.69, 9.17) is 0 Å². The highest BCUT2D eigenvalue weighted by molar-refractivity contribution is 5.92. The van der Waals surface area contributed by atoms with Gasteiger partial charge in [0.25, 0.3) is 0 Å². The molecule has 1 aliphatic carbocycles. The van der Waals surface area contributed by atoms with Gasteiger partial charge in [0.05, 0.1) is 17.7 Å². The fraction of sp³-hybridized carbons (Fsp3) is 0.368. The van der Waals surface area contributed by atoms with E-state index in [1.165, 1.54) is 31.3 Å². The Balaban J connectivity index is 1.47. The van der Waals surface area contributed by atoms with Gasteiger partial charge in [0, 0.05) is 18.1 Å². The molecule has 0 aliphatic heterocycles. The Labute approximate surface area is 137 Å². The number of rotatable bonds is 6. The number of allylic oxidation sites excluding steroid dienone is 1. The number of nitrogens with zero attached hydrogens (tertiary/aromatic N) is 1. The molecule has 120 valence electrons. The van der Waals surface area contributed by atoms with Crippen LogP contribution in [0.5, 0.6) is 0 Å². The van der Waals surface area contributed by atoms with Crippen molar-refractivity contribution < 1.29 is 4.79 Å². The molecule has 2 N–H and O–H groups in total. The second kappa shape index (κ2) is 7.77. The SMILES string of the molecule is O=C(CNc1cccc2cccnc12)NCCC1=CCCCC1. The lowest BCUT2D eigenvalue weighted by molar-refractivity contribution is -0.119. The Morgan fingerprint density at radius 2 is 2.09 bits per heavy atom. The van der Waals surface area contributed by atoms with E-state index in [1.807, 2.05) is 30.3 Å². The van der Waals surface area contributed by atoms with E-state index >= 15 is 0 Å². The average molecular weight is 309 g/mol. The van der Waals surface area contributed by atoms with E-state index < -0.39 is 0 Å². The molecular formula is C19H23N3O. The molecule has 0 bridgehead atoms. The topological polar surface area (TPSA) is 54.0 Å². The predicted octanol–water partition coefficient (Wildman–Crippen LogP) is 3.65. The molecule has 1 aromatic carbocycles. The number of pyridine rings is 1. The van der Waals surface area contributed by atoms with Gasteiger partial charge in [-0.15, -0.1) is 0 Å². The number of fused-ring (bicyclic) bond motifs is 1. The zero-order chi connectivity index (χ0) is 15.9. The van der Waals surface area contributed by atoms with Crippen LogP contribution < -0.4 is 10.6 Å². The van der Waals surface area contributed by atoms with Crippen LogP contribution in [0.2, 0.25) is 0 Å². The molecule has 0 saturated heterocycles. The van der Waals surface area contributed by atoms with E-state index in [1.54, 1.807) is 6.20 Å². The smallest absolute Gasteiger partial charge is 0.239 e. The van der Waals surface area contributed by atoms with Gasteiger partial charge in [-0.3, -0.25) is 9.78 Å². The van der Waals surface area contributed by atoms with Crippen LogP contribution in [0.25, 0.3) is 10.9 Å². The first-order valence-electron chi connectivity index (χ1n) is 8.35. The number of amides is 1. The van der Waals surface area contributed by atoms with E-state index in [9.17, 15) is 4.79 Å². The summed E-state index contributed by atoms with van der Waals surface area (Å²) in [6, 6.07) is 9.88. The van der Waals surface area contributed by atoms with E-state index in [0.29, 0.717) is 0 Å². The molecule has 0 fully saturated rings. The molecule has 4 heteroatoms. The maximum atomic E-state index is 12.0. The highest BCUT2D eigenvalue weighted by Crippen LogP contribution is 2.20. The fourth-order valence-corrected chi connectivity index (χ4v) is 2.98. The van der Waals surface area contributed by atoms with Crippen LogP contribution in [-0.4, -0.2) is 24.0 Å². The Morgan fingerprint density at radius 3 is 2.96 bits per heavy atom. The lowest BCUT2D eigenvalue weighted by Gasteiger charge is -2.13. The minimum Gasteiger partial charge on any atom is -0.374 e. The Bertz CT molecular complexity index is 703. The van der Waals surface area contributed by atoms with Crippen LogP contribution in [-0.2, 0) is 4.79 Å².